The lowest BCUT2D eigenvalue weighted by molar-refractivity contribution is 1.13. The third-order valence-electron chi connectivity index (χ3n) is 2.09. The Kier molecular flexibility index (Phi) is 2.99. The molecule has 0 aliphatic carbocycles. The van der Waals surface area contributed by atoms with Crippen LogP contribution in [0, 0.1) is 0 Å². The molecule has 1 nitrogen and oxygen atoms in total. The molecule has 1 atom stereocenters. The van der Waals surface area contributed by atoms with Gasteiger partial charge in [-0.1, -0.05) is 40.2 Å². The Hall–Kier alpha value is -0.670. The monoisotopic (exact) mass is 267 g/mol. The molecular formula is C11H10BrNS. The molecule has 14 heavy (non-hydrogen) atoms. The van der Waals surface area contributed by atoms with Gasteiger partial charge in [0, 0.05) is 11.0 Å². The minimum atomic E-state index is 0.376. The summed E-state index contributed by atoms with van der Waals surface area (Å²) in [5.74, 6) is 0. The fourth-order valence-electron chi connectivity index (χ4n) is 1.42. The van der Waals surface area contributed by atoms with Gasteiger partial charge in [-0.3, -0.25) is 4.98 Å². The Morgan fingerprint density at radius 1 is 1.36 bits per heavy atom. The molecule has 1 aromatic heterocycles. The third-order valence-corrected chi connectivity index (χ3v) is 3.39. The van der Waals surface area contributed by atoms with Gasteiger partial charge in [-0.2, -0.15) is 0 Å². The molecule has 0 radical (unpaired) electrons. The standard InChI is InChI=1S/C11H10BrNS/c1-8(12)9-4-2-3-5-10(9)11-6-13-7-14-11/h2-8H,1H3. The second-order valence-electron chi connectivity index (χ2n) is 3.07. The molecule has 0 aliphatic heterocycles. The van der Waals surface area contributed by atoms with Crippen LogP contribution in [-0.4, -0.2) is 4.98 Å². The molecular weight excluding hydrogens is 258 g/mol. The number of hydrogen-bond donors (Lipinski definition) is 0. The number of benzene rings is 1. The van der Waals surface area contributed by atoms with Gasteiger partial charge < -0.3 is 0 Å². The van der Waals surface area contributed by atoms with Crippen LogP contribution in [0.5, 0.6) is 0 Å². The third kappa shape index (κ3) is 1.88. The molecule has 1 aromatic carbocycles. The summed E-state index contributed by atoms with van der Waals surface area (Å²) in [5, 5.41) is 0. The maximum atomic E-state index is 4.10. The second-order valence-corrected chi connectivity index (χ2v) is 5.33. The van der Waals surface area contributed by atoms with Crippen LogP contribution < -0.4 is 0 Å². The van der Waals surface area contributed by atoms with E-state index >= 15 is 0 Å². The summed E-state index contributed by atoms with van der Waals surface area (Å²) in [6, 6.07) is 8.42. The first kappa shape index (κ1) is 9.87. The predicted molar refractivity (Wildman–Crippen MR) is 64.9 cm³/mol. The molecule has 0 saturated heterocycles. The molecule has 72 valence electrons. The number of nitrogens with zero attached hydrogens (tertiary/aromatic N) is 1. The van der Waals surface area contributed by atoms with E-state index in [1.54, 1.807) is 11.3 Å². The van der Waals surface area contributed by atoms with E-state index in [0.717, 1.165) is 0 Å². The molecule has 0 bridgehead atoms. The average molecular weight is 268 g/mol. The quantitative estimate of drug-likeness (QED) is 0.741. The van der Waals surface area contributed by atoms with Crippen LogP contribution in [0.1, 0.15) is 17.3 Å². The van der Waals surface area contributed by atoms with Gasteiger partial charge in [-0.15, -0.1) is 11.3 Å². The highest BCUT2D eigenvalue weighted by molar-refractivity contribution is 9.09. The van der Waals surface area contributed by atoms with E-state index in [1.165, 1.54) is 16.0 Å². The van der Waals surface area contributed by atoms with E-state index in [9.17, 15) is 0 Å². The molecule has 0 fully saturated rings. The van der Waals surface area contributed by atoms with E-state index < -0.39 is 0 Å². The number of alkyl halides is 1. The molecule has 1 heterocycles. The zero-order valence-corrected chi connectivity index (χ0v) is 10.2. The van der Waals surface area contributed by atoms with Gasteiger partial charge >= 0.3 is 0 Å². The van der Waals surface area contributed by atoms with Crippen molar-refractivity contribution >= 4 is 27.3 Å². The largest absolute Gasteiger partial charge is 0.252 e. The van der Waals surface area contributed by atoms with E-state index in [2.05, 4.69) is 52.1 Å². The Balaban J connectivity index is 2.53. The Bertz CT molecular complexity index is 409. The normalized spacial score (nSPS) is 12.7. The summed E-state index contributed by atoms with van der Waals surface area (Å²) < 4.78 is 0. The van der Waals surface area contributed by atoms with Crippen molar-refractivity contribution in [3.8, 4) is 10.4 Å². The average Bonchev–Trinajstić information content (AvgIpc) is 2.70. The van der Waals surface area contributed by atoms with Crippen molar-refractivity contribution in [1.82, 2.24) is 4.98 Å². The van der Waals surface area contributed by atoms with Gasteiger partial charge in [-0.25, -0.2) is 0 Å². The summed E-state index contributed by atoms with van der Waals surface area (Å²) in [4.78, 5) is 5.71. The Labute approximate surface area is 95.9 Å². The Morgan fingerprint density at radius 2 is 2.14 bits per heavy atom. The molecule has 0 amide bonds. The van der Waals surface area contributed by atoms with Crippen LogP contribution in [0.15, 0.2) is 36.0 Å². The lowest BCUT2D eigenvalue weighted by Gasteiger charge is -2.08. The first-order chi connectivity index (χ1) is 6.79. The van der Waals surface area contributed by atoms with Crippen molar-refractivity contribution in [3.63, 3.8) is 0 Å². The summed E-state index contributed by atoms with van der Waals surface area (Å²) in [5.41, 5.74) is 4.46. The van der Waals surface area contributed by atoms with Crippen LogP contribution in [0.4, 0.5) is 0 Å². The van der Waals surface area contributed by atoms with Gasteiger partial charge in [0.1, 0.15) is 0 Å². The molecule has 2 aromatic rings. The fourth-order valence-corrected chi connectivity index (χ4v) is 2.49. The first-order valence-electron chi connectivity index (χ1n) is 4.41. The van der Waals surface area contributed by atoms with E-state index in [4.69, 9.17) is 0 Å². The Morgan fingerprint density at radius 3 is 2.79 bits per heavy atom. The molecule has 2 rings (SSSR count). The SMILES string of the molecule is CC(Br)c1ccccc1-c1cncs1. The van der Waals surface area contributed by atoms with Gasteiger partial charge in [0.25, 0.3) is 0 Å². The van der Waals surface area contributed by atoms with Gasteiger partial charge in [0.05, 0.1) is 10.4 Å². The van der Waals surface area contributed by atoms with Gasteiger partial charge in [0.15, 0.2) is 0 Å². The number of aromatic nitrogens is 1. The van der Waals surface area contributed by atoms with Crippen LogP contribution in [-0.2, 0) is 0 Å². The van der Waals surface area contributed by atoms with Crippen LogP contribution in [0.25, 0.3) is 10.4 Å². The lowest BCUT2D eigenvalue weighted by atomic mass is 10.0. The molecule has 0 spiro atoms. The lowest BCUT2D eigenvalue weighted by Crippen LogP contribution is -1.87. The van der Waals surface area contributed by atoms with Crippen molar-refractivity contribution in [3.05, 3.63) is 41.5 Å². The molecule has 0 saturated carbocycles. The number of rotatable bonds is 2. The smallest absolute Gasteiger partial charge is 0.0797 e. The topological polar surface area (TPSA) is 12.9 Å². The highest BCUT2D eigenvalue weighted by Crippen LogP contribution is 2.33. The number of halogens is 1. The summed E-state index contributed by atoms with van der Waals surface area (Å²) in [6.07, 6.45) is 1.92. The van der Waals surface area contributed by atoms with Crippen LogP contribution in [0.3, 0.4) is 0 Å². The number of thiazole rings is 1. The molecule has 0 aliphatic rings. The maximum Gasteiger partial charge on any atom is 0.0797 e. The van der Waals surface area contributed by atoms with E-state index in [-0.39, 0.29) is 0 Å². The summed E-state index contributed by atoms with van der Waals surface area (Å²) in [7, 11) is 0. The van der Waals surface area contributed by atoms with Crippen LogP contribution >= 0.6 is 27.3 Å². The summed E-state index contributed by atoms with van der Waals surface area (Å²) >= 11 is 5.28. The van der Waals surface area contributed by atoms with E-state index in [0.29, 0.717) is 4.83 Å². The predicted octanol–water partition coefficient (Wildman–Crippen LogP) is 4.27. The highest BCUT2D eigenvalue weighted by atomic mass is 79.9. The molecule has 1 unspecified atom stereocenters. The van der Waals surface area contributed by atoms with Crippen molar-refractivity contribution < 1.29 is 0 Å². The van der Waals surface area contributed by atoms with Crippen molar-refractivity contribution in [2.24, 2.45) is 0 Å². The highest BCUT2D eigenvalue weighted by Gasteiger charge is 2.09. The second kappa shape index (κ2) is 4.24. The van der Waals surface area contributed by atoms with Crippen molar-refractivity contribution in [2.45, 2.75) is 11.8 Å². The van der Waals surface area contributed by atoms with Gasteiger partial charge in [0.2, 0.25) is 0 Å². The van der Waals surface area contributed by atoms with Crippen molar-refractivity contribution in [2.75, 3.05) is 0 Å². The maximum absolute atomic E-state index is 4.10. The van der Waals surface area contributed by atoms with Crippen LogP contribution in [0.2, 0.25) is 0 Å². The van der Waals surface area contributed by atoms with Gasteiger partial charge in [-0.05, 0) is 18.1 Å². The minimum absolute atomic E-state index is 0.376. The molecule has 0 N–H and O–H groups in total. The fraction of sp³-hybridized carbons (Fsp3) is 0.182. The zero-order valence-electron chi connectivity index (χ0n) is 7.77. The summed E-state index contributed by atoms with van der Waals surface area (Å²) in [6.45, 7) is 2.14. The zero-order chi connectivity index (χ0) is 9.97. The van der Waals surface area contributed by atoms with E-state index in [1.807, 2.05) is 11.7 Å². The minimum Gasteiger partial charge on any atom is -0.252 e. The number of hydrogen-bond acceptors (Lipinski definition) is 2. The molecule has 3 heteroatoms. The van der Waals surface area contributed by atoms with Crippen molar-refractivity contribution in [1.29, 1.82) is 0 Å². The first-order valence-corrected chi connectivity index (χ1v) is 6.20.